The van der Waals surface area contributed by atoms with E-state index in [-0.39, 0.29) is 23.4 Å². The van der Waals surface area contributed by atoms with Crippen LogP contribution in [0.2, 0.25) is 0 Å². The van der Waals surface area contributed by atoms with Crippen LogP contribution in [0.25, 0.3) is 0 Å². The fraction of sp³-hybridized carbons (Fsp3) is 0.500. The van der Waals surface area contributed by atoms with Crippen LogP contribution in [0, 0.1) is 5.92 Å². The Balaban J connectivity index is 1.76. The number of carboxylic acids is 1. The minimum Gasteiger partial charge on any atom is -0.491 e. The van der Waals surface area contributed by atoms with Crippen LogP contribution in [0.5, 0.6) is 5.75 Å². The van der Waals surface area contributed by atoms with Crippen molar-refractivity contribution in [2.45, 2.75) is 32.4 Å². The molecule has 0 unspecified atom stereocenters. The van der Waals surface area contributed by atoms with Gasteiger partial charge in [-0.25, -0.2) is 4.79 Å². The first-order valence-electron chi connectivity index (χ1n) is 8.48. The number of hydrogen-bond donors (Lipinski definition) is 1. The quantitative estimate of drug-likeness (QED) is 0.835. The summed E-state index contributed by atoms with van der Waals surface area (Å²) in [5, 5.41) is 9.11. The minimum atomic E-state index is -1.00. The van der Waals surface area contributed by atoms with E-state index in [9.17, 15) is 14.4 Å². The van der Waals surface area contributed by atoms with Crippen molar-refractivity contribution >= 4 is 18.3 Å². The predicted molar refractivity (Wildman–Crippen MR) is 89.3 cm³/mol. The summed E-state index contributed by atoms with van der Waals surface area (Å²) in [7, 11) is 0. The Morgan fingerprint density at radius 3 is 2.64 bits per heavy atom. The Kier molecular flexibility index (Phi) is 4.92. The highest BCUT2D eigenvalue weighted by atomic mass is 16.5. The normalized spacial score (nSPS) is 21.1. The van der Waals surface area contributed by atoms with E-state index in [2.05, 4.69) is 0 Å². The lowest BCUT2D eigenvalue weighted by Gasteiger charge is -2.34. The van der Waals surface area contributed by atoms with E-state index in [1.807, 2.05) is 11.8 Å². The van der Waals surface area contributed by atoms with Gasteiger partial charge in [0, 0.05) is 31.1 Å². The Labute approximate surface area is 146 Å². The zero-order valence-electron chi connectivity index (χ0n) is 14.2. The second kappa shape index (κ2) is 7.13. The molecule has 0 aliphatic carbocycles. The summed E-state index contributed by atoms with van der Waals surface area (Å²) in [6.07, 6.45) is 2.18. The van der Waals surface area contributed by atoms with Gasteiger partial charge in [-0.1, -0.05) is 6.07 Å². The van der Waals surface area contributed by atoms with Gasteiger partial charge in [0.15, 0.2) is 0 Å². The molecular formula is C18H22N2O5. The Morgan fingerprint density at radius 2 is 2.00 bits per heavy atom. The molecule has 2 aliphatic rings. The minimum absolute atomic E-state index is 0.0804. The fourth-order valence-electron chi connectivity index (χ4n) is 3.37. The van der Waals surface area contributed by atoms with Crippen molar-refractivity contribution in [3.63, 3.8) is 0 Å². The van der Waals surface area contributed by atoms with Gasteiger partial charge in [-0.05, 0) is 31.9 Å². The van der Waals surface area contributed by atoms with Crippen molar-refractivity contribution in [2.24, 2.45) is 5.92 Å². The van der Waals surface area contributed by atoms with Crippen molar-refractivity contribution < 1.29 is 24.2 Å². The van der Waals surface area contributed by atoms with E-state index in [1.54, 1.807) is 11.0 Å². The first kappa shape index (κ1) is 17.3. The lowest BCUT2D eigenvalue weighted by Crippen LogP contribution is -2.46. The van der Waals surface area contributed by atoms with Crippen LogP contribution in [0.4, 0.5) is 0 Å². The SMILES string of the molecule is C[C@H]1COc2cc(C(=O)O)ccc2CN1C(=O)C1CCN(C=O)CC1. The van der Waals surface area contributed by atoms with Gasteiger partial charge in [-0.15, -0.1) is 0 Å². The molecule has 1 fully saturated rings. The van der Waals surface area contributed by atoms with Gasteiger partial charge in [-0.2, -0.15) is 0 Å². The molecule has 0 bridgehead atoms. The number of carbonyl (C=O) groups excluding carboxylic acids is 2. The molecule has 0 radical (unpaired) electrons. The molecule has 2 aliphatic heterocycles. The molecule has 0 spiro atoms. The molecule has 7 heteroatoms. The average molecular weight is 346 g/mol. The first-order chi connectivity index (χ1) is 12.0. The van der Waals surface area contributed by atoms with E-state index < -0.39 is 5.97 Å². The zero-order valence-corrected chi connectivity index (χ0v) is 14.2. The number of ether oxygens (including phenoxy) is 1. The van der Waals surface area contributed by atoms with Crippen LogP contribution in [-0.2, 0) is 16.1 Å². The van der Waals surface area contributed by atoms with Crippen LogP contribution < -0.4 is 4.74 Å². The van der Waals surface area contributed by atoms with Crippen molar-refractivity contribution in [1.82, 2.24) is 9.80 Å². The summed E-state index contributed by atoms with van der Waals surface area (Å²) in [6, 6.07) is 4.66. The smallest absolute Gasteiger partial charge is 0.335 e. The summed E-state index contributed by atoms with van der Waals surface area (Å²) in [5.74, 6) is -0.480. The summed E-state index contributed by atoms with van der Waals surface area (Å²) < 4.78 is 5.74. The Morgan fingerprint density at radius 1 is 1.28 bits per heavy atom. The number of fused-ring (bicyclic) bond motifs is 1. The second-order valence-electron chi connectivity index (χ2n) is 6.67. The number of piperidine rings is 1. The van der Waals surface area contributed by atoms with E-state index in [4.69, 9.17) is 9.84 Å². The van der Waals surface area contributed by atoms with Crippen LogP contribution in [0.3, 0.4) is 0 Å². The van der Waals surface area contributed by atoms with E-state index in [1.165, 1.54) is 12.1 Å². The molecule has 0 aromatic heterocycles. The van der Waals surface area contributed by atoms with Gasteiger partial charge in [-0.3, -0.25) is 9.59 Å². The van der Waals surface area contributed by atoms with Crippen molar-refractivity contribution in [3.05, 3.63) is 29.3 Å². The highest BCUT2D eigenvalue weighted by Crippen LogP contribution is 2.29. The molecule has 1 N–H and O–H groups in total. The molecule has 25 heavy (non-hydrogen) atoms. The summed E-state index contributed by atoms with van der Waals surface area (Å²) in [4.78, 5) is 38.4. The maximum Gasteiger partial charge on any atom is 0.335 e. The van der Waals surface area contributed by atoms with Gasteiger partial charge in [0.25, 0.3) is 0 Å². The standard InChI is InChI=1S/C18H22N2O5/c1-12-10-25-16-8-14(18(23)24)2-3-15(16)9-20(12)17(22)13-4-6-19(11-21)7-5-13/h2-3,8,11-13H,4-7,9-10H2,1H3,(H,23,24)/t12-/m0/s1. The molecule has 2 amide bonds. The summed E-state index contributed by atoms with van der Waals surface area (Å²) in [5.41, 5.74) is 0.987. The predicted octanol–water partition coefficient (Wildman–Crippen LogP) is 1.36. The summed E-state index contributed by atoms with van der Waals surface area (Å²) in [6.45, 7) is 3.88. The lowest BCUT2D eigenvalue weighted by atomic mass is 9.94. The van der Waals surface area contributed by atoms with Gasteiger partial charge < -0.3 is 19.6 Å². The Hall–Kier alpha value is -2.57. The van der Waals surface area contributed by atoms with Gasteiger partial charge in [0.2, 0.25) is 12.3 Å². The monoisotopic (exact) mass is 346 g/mol. The van der Waals surface area contributed by atoms with E-state index >= 15 is 0 Å². The molecule has 1 aromatic carbocycles. The van der Waals surface area contributed by atoms with Crippen molar-refractivity contribution in [1.29, 1.82) is 0 Å². The molecule has 134 valence electrons. The summed E-state index contributed by atoms with van der Waals surface area (Å²) >= 11 is 0. The maximum absolute atomic E-state index is 13.0. The number of carbonyl (C=O) groups is 3. The second-order valence-corrected chi connectivity index (χ2v) is 6.67. The van der Waals surface area contributed by atoms with Gasteiger partial charge in [0.1, 0.15) is 12.4 Å². The number of likely N-dealkylation sites (tertiary alicyclic amines) is 1. The lowest BCUT2D eigenvalue weighted by molar-refractivity contribution is -0.141. The van der Waals surface area contributed by atoms with Crippen molar-refractivity contribution in [2.75, 3.05) is 19.7 Å². The highest BCUT2D eigenvalue weighted by molar-refractivity contribution is 5.88. The van der Waals surface area contributed by atoms with Gasteiger partial charge >= 0.3 is 5.97 Å². The number of carboxylic acid groups (broad SMARTS) is 1. The van der Waals surface area contributed by atoms with Gasteiger partial charge in [0.05, 0.1) is 11.6 Å². The molecule has 7 nitrogen and oxygen atoms in total. The number of nitrogens with zero attached hydrogens (tertiary/aromatic N) is 2. The van der Waals surface area contributed by atoms with Crippen LogP contribution in [0.1, 0.15) is 35.7 Å². The largest absolute Gasteiger partial charge is 0.491 e. The van der Waals surface area contributed by atoms with Crippen LogP contribution in [0.15, 0.2) is 18.2 Å². The first-order valence-corrected chi connectivity index (χ1v) is 8.48. The molecule has 1 aromatic rings. The molecular weight excluding hydrogens is 324 g/mol. The third kappa shape index (κ3) is 3.60. The third-order valence-electron chi connectivity index (χ3n) is 4.98. The third-order valence-corrected chi connectivity index (χ3v) is 4.98. The molecule has 2 heterocycles. The topological polar surface area (TPSA) is 87.2 Å². The molecule has 0 saturated carbocycles. The number of rotatable bonds is 3. The van der Waals surface area contributed by atoms with Crippen molar-refractivity contribution in [3.8, 4) is 5.75 Å². The number of amides is 2. The number of benzene rings is 1. The molecule has 3 rings (SSSR count). The number of aromatic carboxylic acids is 1. The number of hydrogen-bond acceptors (Lipinski definition) is 4. The Bertz CT molecular complexity index is 682. The molecule has 1 atom stereocenters. The molecule has 1 saturated heterocycles. The van der Waals surface area contributed by atoms with Crippen LogP contribution >= 0.6 is 0 Å². The zero-order chi connectivity index (χ0) is 18.0. The van der Waals surface area contributed by atoms with E-state index in [0.717, 1.165) is 12.0 Å². The van der Waals surface area contributed by atoms with E-state index in [0.29, 0.717) is 44.8 Å². The van der Waals surface area contributed by atoms with Crippen LogP contribution in [-0.4, -0.2) is 58.9 Å². The fourth-order valence-corrected chi connectivity index (χ4v) is 3.37. The maximum atomic E-state index is 13.0. The highest BCUT2D eigenvalue weighted by Gasteiger charge is 2.32. The average Bonchev–Trinajstić information content (AvgIpc) is 2.80.